The zero-order chi connectivity index (χ0) is 10.7. The highest BCUT2D eigenvalue weighted by molar-refractivity contribution is 7.11. The van der Waals surface area contributed by atoms with Crippen LogP contribution in [0.4, 0.5) is 0 Å². The molecule has 4 heteroatoms. The summed E-state index contributed by atoms with van der Waals surface area (Å²) in [7, 11) is 0. The van der Waals surface area contributed by atoms with Crippen LogP contribution in [0.15, 0.2) is 11.6 Å². The van der Waals surface area contributed by atoms with E-state index in [1.165, 1.54) is 17.8 Å². The van der Waals surface area contributed by atoms with Gasteiger partial charge in [0.05, 0.1) is 0 Å². The molecule has 0 spiro atoms. The molecule has 1 aliphatic heterocycles. The zero-order valence-corrected chi connectivity index (χ0v) is 9.80. The number of carbonyl (C=O) groups is 1. The number of carbonyl (C=O) groups excluding carboxylic acids is 1. The van der Waals surface area contributed by atoms with Gasteiger partial charge >= 0.3 is 0 Å². The van der Waals surface area contributed by atoms with E-state index < -0.39 is 0 Å². The van der Waals surface area contributed by atoms with E-state index in [0.29, 0.717) is 11.0 Å². The topological polar surface area (TPSA) is 33.2 Å². The monoisotopic (exact) mass is 224 g/mol. The van der Waals surface area contributed by atoms with Crippen LogP contribution in [-0.4, -0.2) is 28.4 Å². The third-order valence-corrected chi connectivity index (χ3v) is 3.74. The lowest BCUT2D eigenvalue weighted by Gasteiger charge is -2.34. The van der Waals surface area contributed by atoms with Gasteiger partial charge in [0.25, 0.3) is 5.91 Å². The van der Waals surface area contributed by atoms with E-state index in [-0.39, 0.29) is 5.91 Å². The molecule has 1 fully saturated rings. The summed E-state index contributed by atoms with van der Waals surface area (Å²) in [5, 5.41) is 2.49. The maximum absolute atomic E-state index is 12.1. The highest BCUT2D eigenvalue weighted by Gasteiger charge is 2.27. The number of piperidine rings is 1. The molecular formula is C11H16N2OS. The Morgan fingerprint density at radius 1 is 1.67 bits per heavy atom. The fourth-order valence-electron chi connectivity index (χ4n) is 2.14. The van der Waals surface area contributed by atoms with E-state index in [1.54, 1.807) is 6.20 Å². The van der Waals surface area contributed by atoms with Crippen LogP contribution in [0.5, 0.6) is 0 Å². The molecule has 3 nitrogen and oxygen atoms in total. The smallest absolute Gasteiger partial charge is 0.283 e. The van der Waals surface area contributed by atoms with E-state index in [4.69, 9.17) is 0 Å². The highest BCUT2D eigenvalue weighted by atomic mass is 32.1. The van der Waals surface area contributed by atoms with Gasteiger partial charge in [0, 0.05) is 24.2 Å². The van der Waals surface area contributed by atoms with E-state index in [9.17, 15) is 4.79 Å². The van der Waals surface area contributed by atoms with E-state index >= 15 is 0 Å². The van der Waals surface area contributed by atoms with Crippen molar-refractivity contribution in [3.63, 3.8) is 0 Å². The lowest BCUT2D eigenvalue weighted by Crippen LogP contribution is -2.43. The number of amides is 1. The number of rotatable bonds is 2. The molecule has 0 saturated carbocycles. The van der Waals surface area contributed by atoms with Crippen LogP contribution < -0.4 is 0 Å². The molecule has 2 rings (SSSR count). The Balaban J connectivity index is 2.11. The van der Waals surface area contributed by atoms with Gasteiger partial charge in [-0.25, -0.2) is 4.98 Å². The van der Waals surface area contributed by atoms with Crippen molar-refractivity contribution in [1.82, 2.24) is 9.88 Å². The molecule has 1 amide bonds. The number of likely N-dealkylation sites (tertiary alicyclic amines) is 1. The number of nitrogens with zero attached hydrogens (tertiary/aromatic N) is 2. The third-order valence-electron chi connectivity index (χ3n) is 2.97. The van der Waals surface area contributed by atoms with Crippen molar-refractivity contribution in [2.75, 3.05) is 6.54 Å². The Morgan fingerprint density at radius 3 is 3.20 bits per heavy atom. The van der Waals surface area contributed by atoms with E-state index in [1.807, 2.05) is 10.3 Å². The second kappa shape index (κ2) is 4.75. The van der Waals surface area contributed by atoms with Crippen LogP contribution in [0.2, 0.25) is 0 Å². The van der Waals surface area contributed by atoms with Crippen LogP contribution >= 0.6 is 11.3 Å². The van der Waals surface area contributed by atoms with Crippen molar-refractivity contribution >= 4 is 17.2 Å². The highest BCUT2D eigenvalue weighted by Crippen LogP contribution is 2.22. The minimum Gasteiger partial charge on any atom is -0.334 e. The predicted molar refractivity (Wildman–Crippen MR) is 61.1 cm³/mol. The number of hydrogen-bond donors (Lipinski definition) is 0. The first-order chi connectivity index (χ1) is 7.33. The normalized spacial score (nSPS) is 21.7. The maximum Gasteiger partial charge on any atom is 0.283 e. The van der Waals surface area contributed by atoms with Gasteiger partial charge < -0.3 is 4.90 Å². The average Bonchev–Trinajstić information content (AvgIpc) is 2.81. The first kappa shape index (κ1) is 10.6. The van der Waals surface area contributed by atoms with Gasteiger partial charge in [-0.1, -0.05) is 6.92 Å². The third kappa shape index (κ3) is 2.20. The summed E-state index contributed by atoms with van der Waals surface area (Å²) in [6, 6.07) is 0.426. The van der Waals surface area contributed by atoms with Crippen molar-refractivity contribution in [3.8, 4) is 0 Å². The molecule has 82 valence electrons. The predicted octanol–water partition coefficient (Wildman–Crippen LogP) is 2.55. The molecule has 0 radical (unpaired) electrons. The standard InChI is InChI=1S/C11H16N2OS/c1-2-9-5-3-4-7-13(9)11(14)10-12-6-8-15-10/h6,8-9H,2-5,7H2,1H3. The van der Waals surface area contributed by atoms with Crippen molar-refractivity contribution in [1.29, 1.82) is 0 Å². The van der Waals surface area contributed by atoms with Crippen LogP contribution in [-0.2, 0) is 0 Å². The van der Waals surface area contributed by atoms with Crippen LogP contribution in [0.1, 0.15) is 42.4 Å². The van der Waals surface area contributed by atoms with Gasteiger partial charge in [0.15, 0.2) is 5.01 Å². The van der Waals surface area contributed by atoms with Crippen LogP contribution in [0, 0.1) is 0 Å². The molecule has 15 heavy (non-hydrogen) atoms. The average molecular weight is 224 g/mol. The number of thiazole rings is 1. The lowest BCUT2D eigenvalue weighted by molar-refractivity contribution is 0.0607. The van der Waals surface area contributed by atoms with Crippen molar-refractivity contribution in [2.45, 2.75) is 38.6 Å². The molecule has 0 bridgehead atoms. The molecule has 1 aromatic heterocycles. The minimum absolute atomic E-state index is 0.122. The maximum atomic E-state index is 12.1. The summed E-state index contributed by atoms with van der Waals surface area (Å²) in [6.45, 7) is 3.05. The second-order valence-electron chi connectivity index (χ2n) is 3.89. The molecule has 0 N–H and O–H groups in total. The SMILES string of the molecule is CCC1CCCCN1C(=O)c1nccs1. The molecule has 1 aromatic rings. The van der Waals surface area contributed by atoms with Gasteiger partial charge in [-0.3, -0.25) is 4.79 Å². The lowest BCUT2D eigenvalue weighted by atomic mass is 10.00. The molecule has 2 heterocycles. The summed E-state index contributed by atoms with van der Waals surface area (Å²) in [5.74, 6) is 0.122. The summed E-state index contributed by atoms with van der Waals surface area (Å²) in [6.07, 6.45) is 6.28. The summed E-state index contributed by atoms with van der Waals surface area (Å²) in [5.41, 5.74) is 0. The number of hydrogen-bond acceptors (Lipinski definition) is 3. The van der Waals surface area contributed by atoms with Gasteiger partial charge in [0.1, 0.15) is 0 Å². The fourth-order valence-corrected chi connectivity index (χ4v) is 2.73. The van der Waals surface area contributed by atoms with Crippen molar-refractivity contribution in [2.24, 2.45) is 0 Å². The van der Waals surface area contributed by atoms with E-state index in [0.717, 1.165) is 25.8 Å². The first-order valence-electron chi connectivity index (χ1n) is 5.53. The minimum atomic E-state index is 0.122. The Labute approximate surface area is 94.1 Å². The van der Waals surface area contributed by atoms with Gasteiger partial charge in [-0.2, -0.15) is 0 Å². The zero-order valence-electron chi connectivity index (χ0n) is 8.98. The first-order valence-corrected chi connectivity index (χ1v) is 6.41. The number of aromatic nitrogens is 1. The fraction of sp³-hybridized carbons (Fsp3) is 0.636. The van der Waals surface area contributed by atoms with Gasteiger partial charge in [-0.15, -0.1) is 11.3 Å². The molecular weight excluding hydrogens is 208 g/mol. The molecule has 1 saturated heterocycles. The Morgan fingerprint density at radius 2 is 2.53 bits per heavy atom. The molecule has 0 aromatic carbocycles. The van der Waals surface area contributed by atoms with Crippen LogP contribution in [0.25, 0.3) is 0 Å². The Kier molecular flexibility index (Phi) is 3.36. The largest absolute Gasteiger partial charge is 0.334 e. The second-order valence-corrected chi connectivity index (χ2v) is 4.79. The van der Waals surface area contributed by atoms with Crippen molar-refractivity contribution < 1.29 is 4.79 Å². The quantitative estimate of drug-likeness (QED) is 0.773. The van der Waals surface area contributed by atoms with Crippen molar-refractivity contribution in [3.05, 3.63) is 16.6 Å². The molecule has 1 atom stereocenters. The van der Waals surface area contributed by atoms with Gasteiger partial charge in [0.2, 0.25) is 0 Å². The van der Waals surface area contributed by atoms with Crippen LogP contribution in [0.3, 0.4) is 0 Å². The Bertz CT molecular complexity index is 323. The van der Waals surface area contributed by atoms with Gasteiger partial charge in [-0.05, 0) is 25.7 Å². The summed E-state index contributed by atoms with van der Waals surface area (Å²) >= 11 is 1.43. The molecule has 1 unspecified atom stereocenters. The molecule has 0 aliphatic carbocycles. The summed E-state index contributed by atoms with van der Waals surface area (Å²) in [4.78, 5) is 18.2. The van der Waals surface area contributed by atoms with E-state index in [2.05, 4.69) is 11.9 Å². The Hall–Kier alpha value is -0.900. The summed E-state index contributed by atoms with van der Waals surface area (Å²) < 4.78 is 0. The molecule has 1 aliphatic rings.